The number of carbonyl (C=O) groups is 1. The van der Waals surface area contributed by atoms with E-state index in [0.29, 0.717) is 50.7 Å². The third kappa shape index (κ3) is 4.57. The highest BCUT2D eigenvalue weighted by atomic mass is 32.2. The Kier molecular flexibility index (Phi) is 6.36. The Hall–Kier alpha value is -3.46. The van der Waals surface area contributed by atoms with Crippen LogP contribution in [0.5, 0.6) is 0 Å². The van der Waals surface area contributed by atoms with E-state index in [4.69, 9.17) is 9.26 Å². The molecule has 0 fully saturated rings. The SMILES string of the molecule is COC(=O)c1ccc2c(=O)n(-c3ccccc3)c(SCc3nc(CC(C)C)no3)nc2c1. The number of esters is 1. The van der Waals surface area contributed by atoms with Gasteiger partial charge in [-0.1, -0.05) is 49.0 Å². The van der Waals surface area contributed by atoms with Crippen LogP contribution in [-0.2, 0) is 16.9 Å². The van der Waals surface area contributed by atoms with Crippen molar-refractivity contribution in [2.75, 3.05) is 7.11 Å². The summed E-state index contributed by atoms with van der Waals surface area (Å²) in [6, 6.07) is 14.0. The number of hydrogen-bond acceptors (Lipinski definition) is 8. The van der Waals surface area contributed by atoms with Gasteiger partial charge >= 0.3 is 5.97 Å². The first-order valence-electron chi connectivity index (χ1n) is 10.1. The summed E-state index contributed by atoms with van der Waals surface area (Å²) in [6.45, 7) is 4.18. The number of benzene rings is 2. The van der Waals surface area contributed by atoms with Gasteiger partial charge in [-0.2, -0.15) is 4.98 Å². The van der Waals surface area contributed by atoms with Crippen LogP contribution in [0.3, 0.4) is 0 Å². The van der Waals surface area contributed by atoms with Crippen LogP contribution in [0.25, 0.3) is 16.6 Å². The average Bonchev–Trinajstić information content (AvgIpc) is 3.24. The van der Waals surface area contributed by atoms with Gasteiger partial charge in [-0.3, -0.25) is 9.36 Å². The number of methoxy groups -OCH3 is 1. The van der Waals surface area contributed by atoms with Crippen LogP contribution < -0.4 is 5.56 Å². The molecule has 0 saturated heterocycles. The smallest absolute Gasteiger partial charge is 0.337 e. The van der Waals surface area contributed by atoms with Gasteiger partial charge in [0.1, 0.15) is 0 Å². The fraction of sp³-hybridized carbons (Fsp3) is 0.261. The van der Waals surface area contributed by atoms with Crippen LogP contribution in [0.2, 0.25) is 0 Å². The van der Waals surface area contributed by atoms with Crippen LogP contribution in [-0.4, -0.2) is 32.8 Å². The quantitative estimate of drug-likeness (QED) is 0.236. The first-order chi connectivity index (χ1) is 15.5. The summed E-state index contributed by atoms with van der Waals surface area (Å²) in [5, 5.41) is 4.88. The lowest BCUT2D eigenvalue weighted by Gasteiger charge is -2.13. The minimum absolute atomic E-state index is 0.230. The van der Waals surface area contributed by atoms with Crippen LogP contribution in [0.15, 0.2) is 63.0 Å². The molecule has 2 heterocycles. The van der Waals surface area contributed by atoms with Gasteiger partial charge in [0.05, 0.1) is 35.0 Å². The molecule has 4 aromatic rings. The van der Waals surface area contributed by atoms with Crippen LogP contribution in [0.4, 0.5) is 0 Å². The summed E-state index contributed by atoms with van der Waals surface area (Å²) in [5.41, 5.74) is 1.21. The number of para-hydroxylation sites is 1. The summed E-state index contributed by atoms with van der Waals surface area (Å²) in [7, 11) is 1.31. The lowest BCUT2D eigenvalue weighted by Crippen LogP contribution is -2.22. The largest absolute Gasteiger partial charge is 0.465 e. The summed E-state index contributed by atoms with van der Waals surface area (Å²) in [4.78, 5) is 34.4. The second-order valence-electron chi connectivity index (χ2n) is 7.58. The standard InChI is InChI=1S/C23H22N4O4S/c1-14(2)11-19-25-20(31-26-19)13-32-23-24-18-12-15(22(29)30-3)9-10-17(18)21(28)27(23)16-7-5-4-6-8-16/h4-10,12,14H,11,13H2,1-3H3. The van der Waals surface area contributed by atoms with Crippen molar-refractivity contribution in [3.05, 3.63) is 76.2 Å². The predicted molar refractivity (Wildman–Crippen MR) is 121 cm³/mol. The molecule has 0 aliphatic carbocycles. The third-order valence-corrected chi connectivity index (χ3v) is 5.62. The van der Waals surface area contributed by atoms with E-state index in [1.807, 2.05) is 30.3 Å². The van der Waals surface area contributed by atoms with Crippen LogP contribution in [0, 0.1) is 5.92 Å². The molecule has 0 N–H and O–H groups in total. The molecule has 0 bridgehead atoms. The van der Waals surface area contributed by atoms with Crippen molar-refractivity contribution in [2.24, 2.45) is 5.92 Å². The predicted octanol–water partition coefficient (Wildman–Crippen LogP) is 4.05. The fourth-order valence-electron chi connectivity index (χ4n) is 3.23. The number of carbonyl (C=O) groups excluding carboxylic acids is 1. The monoisotopic (exact) mass is 450 g/mol. The maximum absolute atomic E-state index is 13.4. The van der Waals surface area contributed by atoms with Gasteiger partial charge in [0.2, 0.25) is 5.89 Å². The fourth-order valence-corrected chi connectivity index (χ4v) is 4.09. The molecule has 0 aliphatic heterocycles. The van der Waals surface area contributed by atoms with Crippen LogP contribution in [0.1, 0.15) is 35.9 Å². The number of hydrogen-bond donors (Lipinski definition) is 0. The molecule has 164 valence electrons. The van der Waals surface area contributed by atoms with Gasteiger partial charge in [0.15, 0.2) is 11.0 Å². The zero-order chi connectivity index (χ0) is 22.7. The van der Waals surface area contributed by atoms with E-state index in [-0.39, 0.29) is 5.56 Å². The molecular weight excluding hydrogens is 428 g/mol. The second-order valence-corrected chi connectivity index (χ2v) is 8.53. The second kappa shape index (κ2) is 9.35. The van der Waals surface area contributed by atoms with E-state index < -0.39 is 5.97 Å². The van der Waals surface area contributed by atoms with Gasteiger partial charge < -0.3 is 9.26 Å². The summed E-state index contributed by atoms with van der Waals surface area (Å²) in [5.74, 6) is 1.40. The van der Waals surface area contributed by atoms with E-state index in [0.717, 1.165) is 6.42 Å². The van der Waals surface area contributed by atoms with Gasteiger partial charge in [0, 0.05) is 6.42 Å². The molecule has 0 unspecified atom stereocenters. The maximum Gasteiger partial charge on any atom is 0.337 e. The summed E-state index contributed by atoms with van der Waals surface area (Å²) in [6.07, 6.45) is 0.730. The van der Waals surface area contributed by atoms with Crippen molar-refractivity contribution in [3.63, 3.8) is 0 Å². The van der Waals surface area contributed by atoms with Crippen LogP contribution >= 0.6 is 11.8 Å². The van der Waals surface area contributed by atoms with Gasteiger partial charge in [-0.15, -0.1) is 0 Å². The molecule has 2 aromatic heterocycles. The molecule has 2 aromatic carbocycles. The third-order valence-electron chi connectivity index (χ3n) is 4.70. The summed E-state index contributed by atoms with van der Waals surface area (Å²) >= 11 is 1.32. The number of fused-ring (bicyclic) bond motifs is 1. The Morgan fingerprint density at radius 2 is 1.94 bits per heavy atom. The maximum atomic E-state index is 13.4. The van der Waals surface area contributed by atoms with Gasteiger partial charge in [-0.25, -0.2) is 9.78 Å². The van der Waals surface area contributed by atoms with Crippen molar-refractivity contribution >= 4 is 28.6 Å². The molecule has 9 heteroatoms. The molecular formula is C23H22N4O4S. The van der Waals surface area contributed by atoms with Gasteiger partial charge in [-0.05, 0) is 36.2 Å². The molecule has 0 radical (unpaired) electrons. The number of aromatic nitrogens is 4. The highest BCUT2D eigenvalue weighted by Crippen LogP contribution is 2.25. The van der Waals surface area contributed by atoms with E-state index in [2.05, 4.69) is 29.0 Å². The van der Waals surface area contributed by atoms with E-state index >= 15 is 0 Å². The first kappa shape index (κ1) is 21.8. The Labute approximate surface area is 188 Å². The molecule has 0 amide bonds. The van der Waals surface area contributed by atoms with Crippen molar-refractivity contribution in [1.82, 2.24) is 19.7 Å². The Bertz CT molecular complexity index is 1310. The number of thioether (sulfide) groups is 1. The molecule has 32 heavy (non-hydrogen) atoms. The topological polar surface area (TPSA) is 100 Å². The minimum atomic E-state index is -0.487. The number of rotatable bonds is 7. The van der Waals surface area contributed by atoms with E-state index in [1.54, 1.807) is 22.8 Å². The molecule has 0 atom stereocenters. The van der Waals surface area contributed by atoms with Crippen molar-refractivity contribution in [3.8, 4) is 5.69 Å². The van der Waals surface area contributed by atoms with Crippen molar-refractivity contribution < 1.29 is 14.1 Å². The number of ether oxygens (including phenoxy) is 1. The van der Waals surface area contributed by atoms with E-state index in [9.17, 15) is 9.59 Å². The first-order valence-corrected chi connectivity index (χ1v) is 11.1. The molecule has 4 rings (SSSR count). The van der Waals surface area contributed by atoms with E-state index in [1.165, 1.54) is 18.9 Å². The Morgan fingerprint density at radius 3 is 2.66 bits per heavy atom. The lowest BCUT2D eigenvalue weighted by molar-refractivity contribution is 0.0601. The zero-order valence-corrected chi connectivity index (χ0v) is 18.8. The minimum Gasteiger partial charge on any atom is -0.465 e. The average molecular weight is 451 g/mol. The Morgan fingerprint density at radius 1 is 1.16 bits per heavy atom. The van der Waals surface area contributed by atoms with Crippen molar-refractivity contribution in [1.29, 1.82) is 0 Å². The van der Waals surface area contributed by atoms with Gasteiger partial charge in [0.25, 0.3) is 5.56 Å². The molecule has 0 saturated carbocycles. The molecule has 0 spiro atoms. The molecule has 8 nitrogen and oxygen atoms in total. The normalized spacial score (nSPS) is 11.2. The zero-order valence-electron chi connectivity index (χ0n) is 17.9. The molecule has 0 aliphatic rings. The summed E-state index contributed by atoms with van der Waals surface area (Å²) < 4.78 is 11.7. The number of nitrogens with zero attached hydrogens (tertiary/aromatic N) is 4. The van der Waals surface area contributed by atoms with Crippen molar-refractivity contribution in [2.45, 2.75) is 31.2 Å². The highest BCUT2D eigenvalue weighted by Gasteiger charge is 2.17. The highest BCUT2D eigenvalue weighted by molar-refractivity contribution is 7.98. The lowest BCUT2D eigenvalue weighted by atomic mass is 10.1. The Balaban J connectivity index is 1.76.